The summed E-state index contributed by atoms with van der Waals surface area (Å²) in [7, 11) is 4.11. The molecule has 0 aromatic heterocycles. The van der Waals surface area contributed by atoms with Crippen molar-refractivity contribution >= 4 is 29.0 Å². The number of benzene rings is 3. The van der Waals surface area contributed by atoms with E-state index in [0.717, 1.165) is 36.4 Å². The number of carbonyl (C=O) groups excluding carboxylic acids is 2. The number of nitrogens with one attached hydrogen (secondary N) is 2. The number of amides is 1. The minimum absolute atomic E-state index is 0.171. The van der Waals surface area contributed by atoms with Gasteiger partial charge in [0.25, 0.3) is 0 Å². The molecule has 3 aromatic carbocycles. The van der Waals surface area contributed by atoms with E-state index < -0.39 is 11.9 Å². The first-order valence-electron chi connectivity index (χ1n) is 12.2. The van der Waals surface area contributed by atoms with Crippen molar-refractivity contribution in [1.82, 2.24) is 10.2 Å². The van der Waals surface area contributed by atoms with E-state index in [1.54, 1.807) is 19.1 Å². The van der Waals surface area contributed by atoms with Gasteiger partial charge in [-0.05, 0) is 62.0 Å². The Morgan fingerprint density at radius 2 is 1.78 bits per heavy atom. The van der Waals surface area contributed by atoms with Crippen molar-refractivity contribution in [2.45, 2.75) is 19.4 Å². The third kappa shape index (κ3) is 6.05. The van der Waals surface area contributed by atoms with Crippen LogP contribution in [0.5, 0.6) is 0 Å². The van der Waals surface area contributed by atoms with Crippen LogP contribution in [-0.4, -0.2) is 56.3 Å². The van der Waals surface area contributed by atoms with Gasteiger partial charge in [0.15, 0.2) is 0 Å². The minimum atomic E-state index is -0.592. The Labute approximate surface area is 212 Å². The number of rotatable bonds is 10. The lowest BCUT2D eigenvalue weighted by Crippen LogP contribution is -2.26. The van der Waals surface area contributed by atoms with E-state index in [9.17, 15) is 9.59 Å². The molecule has 0 fully saturated rings. The number of fused-ring (bicyclic) bond motifs is 1. The van der Waals surface area contributed by atoms with Crippen molar-refractivity contribution in [1.29, 1.82) is 0 Å². The lowest BCUT2D eigenvalue weighted by molar-refractivity contribution is -0.115. The van der Waals surface area contributed by atoms with Crippen molar-refractivity contribution in [3.63, 3.8) is 0 Å². The third-order valence-electron chi connectivity index (χ3n) is 5.99. The summed E-state index contributed by atoms with van der Waals surface area (Å²) in [5.74, 6) is -1.17. The predicted molar refractivity (Wildman–Crippen MR) is 143 cm³/mol. The third-order valence-corrected chi connectivity index (χ3v) is 5.99. The van der Waals surface area contributed by atoms with Crippen LogP contribution in [0.3, 0.4) is 0 Å². The molecule has 0 bridgehead atoms. The van der Waals surface area contributed by atoms with E-state index in [4.69, 9.17) is 9.73 Å². The van der Waals surface area contributed by atoms with Crippen LogP contribution in [-0.2, 0) is 16.1 Å². The smallest absolute Gasteiger partial charge is 0.338 e. The summed E-state index contributed by atoms with van der Waals surface area (Å²) in [5.41, 5.74) is 5.28. The van der Waals surface area contributed by atoms with Crippen molar-refractivity contribution in [2.75, 3.05) is 39.1 Å². The van der Waals surface area contributed by atoms with Crippen molar-refractivity contribution < 1.29 is 14.3 Å². The number of carbonyl (C=O) groups is 2. The Morgan fingerprint density at radius 1 is 1.03 bits per heavy atom. The molecule has 1 atom stereocenters. The van der Waals surface area contributed by atoms with Crippen LogP contribution in [0, 0.1) is 0 Å². The molecule has 1 heterocycles. The molecule has 7 nitrogen and oxygen atoms in total. The molecular weight excluding hydrogens is 452 g/mol. The van der Waals surface area contributed by atoms with Gasteiger partial charge in [0.2, 0.25) is 5.91 Å². The molecular formula is C29H32N4O3. The number of nitrogens with zero attached hydrogens (tertiary/aromatic N) is 2. The zero-order valence-electron chi connectivity index (χ0n) is 21.0. The normalized spacial score (nSPS) is 15.1. The highest BCUT2D eigenvalue weighted by atomic mass is 16.5. The number of esters is 1. The van der Waals surface area contributed by atoms with Crippen molar-refractivity contribution in [3.8, 4) is 0 Å². The lowest BCUT2D eigenvalue weighted by atomic mass is 9.90. The minimum Gasteiger partial charge on any atom is -0.462 e. The second-order valence-electron chi connectivity index (χ2n) is 8.95. The molecule has 2 N–H and O–H groups in total. The lowest BCUT2D eigenvalue weighted by Gasteiger charge is -2.14. The maximum Gasteiger partial charge on any atom is 0.338 e. The molecule has 1 aliphatic heterocycles. The number of aliphatic imine (C=N–C) groups is 1. The van der Waals surface area contributed by atoms with E-state index in [-0.39, 0.29) is 5.91 Å². The Morgan fingerprint density at radius 3 is 2.47 bits per heavy atom. The highest BCUT2D eigenvalue weighted by Crippen LogP contribution is 2.37. The van der Waals surface area contributed by atoms with E-state index in [2.05, 4.69) is 41.8 Å². The highest BCUT2D eigenvalue weighted by Gasteiger charge is 2.36. The molecule has 186 valence electrons. The van der Waals surface area contributed by atoms with Gasteiger partial charge in [-0.3, -0.25) is 9.79 Å². The predicted octanol–water partition coefficient (Wildman–Crippen LogP) is 4.37. The quantitative estimate of drug-likeness (QED) is 0.254. The fraction of sp³-hybridized carbons (Fsp3) is 0.276. The summed E-state index contributed by atoms with van der Waals surface area (Å²) >= 11 is 0. The SMILES string of the molecule is CCOC(=O)c1ccc2c(c1)NC(=O)C2C(=Nc1ccc(CNCCN(C)C)cc1)c1ccccc1. The maximum absolute atomic E-state index is 13.2. The van der Waals surface area contributed by atoms with E-state index in [1.165, 1.54) is 5.56 Å². The van der Waals surface area contributed by atoms with E-state index in [0.29, 0.717) is 23.6 Å². The van der Waals surface area contributed by atoms with E-state index in [1.807, 2.05) is 48.5 Å². The summed E-state index contributed by atoms with van der Waals surface area (Å²) < 4.78 is 5.11. The van der Waals surface area contributed by atoms with Crippen LogP contribution in [0.4, 0.5) is 11.4 Å². The number of hydrogen-bond acceptors (Lipinski definition) is 6. The Hall–Kier alpha value is -3.81. The number of likely N-dealkylation sites (N-methyl/N-ethyl adjacent to an activating group) is 1. The summed E-state index contributed by atoms with van der Waals surface area (Å²) in [5, 5.41) is 6.36. The molecule has 1 aliphatic rings. The molecule has 0 spiro atoms. The van der Waals surface area contributed by atoms with Crippen LogP contribution in [0.15, 0.2) is 77.8 Å². The number of anilines is 1. The van der Waals surface area contributed by atoms with Gasteiger partial charge in [0.1, 0.15) is 5.92 Å². The van der Waals surface area contributed by atoms with Crippen molar-refractivity contribution in [3.05, 3.63) is 95.1 Å². The average Bonchev–Trinajstić information content (AvgIpc) is 3.21. The topological polar surface area (TPSA) is 83.0 Å². The van der Waals surface area contributed by atoms with Gasteiger partial charge in [-0.25, -0.2) is 4.79 Å². The fourth-order valence-corrected chi connectivity index (χ4v) is 4.14. The molecule has 4 rings (SSSR count). The average molecular weight is 485 g/mol. The molecule has 3 aromatic rings. The molecule has 36 heavy (non-hydrogen) atoms. The summed E-state index contributed by atoms with van der Waals surface area (Å²) in [6.07, 6.45) is 0. The fourth-order valence-electron chi connectivity index (χ4n) is 4.14. The Bertz CT molecular complexity index is 1240. The summed E-state index contributed by atoms with van der Waals surface area (Å²) in [4.78, 5) is 32.4. The van der Waals surface area contributed by atoms with Gasteiger partial charge in [0.05, 0.1) is 23.6 Å². The van der Waals surface area contributed by atoms with Crippen molar-refractivity contribution in [2.24, 2.45) is 4.99 Å². The first-order chi connectivity index (χ1) is 17.5. The van der Waals surface area contributed by atoms with Gasteiger partial charge in [-0.2, -0.15) is 0 Å². The van der Waals surface area contributed by atoms with Crippen LogP contribution in [0.25, 0.3) is 0 Å². The summed E-state index contributed by atoms with van der Waals surface area (Å²) in [6.45, 7) is 4.74. The number of ether oxygens (including phenoxy) is 1. The largest absolute Gasteiger partial charge is 0.462 e. The first-order valence-corrected chi connectivity index (χ1v) is 12.2. The van der Waals surface area contributed by atoms with Gasteiger partial charge in [0, 0.05) is 25.3 Å². The first kappa shape index (κ1) is 25.3. The number of hydrogen-bond donors (Lipinski definition) is 2. The van der Waals surface area contributed by atoms with Gasteiger partial charge in [-0.1, -0.05) is 48.5 Å². The Balaban J connectivity index is 1.62. The zero-order valence-corrected chi connectivity index (χ0v) is 21.0. The molecule has 1 unspecified atom stereocenters. The molecule has 0 saturated carbocycles. The van der Waals surface area contributed by atoms with Crippen LogP contribution in [0.1, 0.15) is 39.9 Å². The van der Waals surface area contributed by atoms with Gasteiger partial charge >= 0.3 is 5.97 Å². The summed E-state index contributed by atoms with van der Waals surface area (Å²) in [6, 6.07) is 23.0. The van der Waals surface area contributed by atoms with Crippen LogP contribution in [0.2, 0.25) is 0 Å². The molecule has 1 amide bonds. The zero-order chi connectivity index (χ0) is 25.5. The maximum atomic E-state index is 13.2. The second kappa shape index (κ2) is 11.7. The Kier molecular flexibility index (Phi) is 8.25. The van der Waals surface area contributed by atoms with E-state index >= 15 is 0 Å². The standard InChI is InChI=1S/C29H32N4O3/c1-4-36-29(35)22-12-15-24-25(18-22)32-28(34)26(24)27(21-8-6-5-7-9-21)31-23-13-10-20(11-14-23)19-30-16-17-33(2)3/h5-15,18,26,30H,4,16-17,19H2,1-3H3,(H,32,34). The molecule has 0 aliphatic carbocycles. The van der Waals surface area contributed by atoms with Crippen LogP contribution >= 0.6 is 0 Å². The molecule has 0 saturated heterocycles. The van der Waals surface area contributed by atoms with Gasteiger partial charge in [-0.15, -0.1) is 0 Å². The van der Waals surface area contributed by atoms with Crippen LogP contribution < -0.4 is 10.6 Å². The monoisotopic (exact) mass is 484 g/mol. The van der Waals surface area contributed by atoms with Gasteiger partial charge < -0.3 is 20.3 Å². The molecule has 7 heteroatoms. The highest BCUT2D eigenvalue weighted by molar-refractivity contribution is 6.24. The molecule has 0 radical (unpaired) electrons. The second-order valence-corrected chi connectivity index (χ2v) is 8.95.